The van der Waals surface area contributed by atoms with Gasteiger partial charge >= 0.3 is 6.18 Å². The molecule has 0 aliphatic carbocycles. The second-order valence-electron chi connectivity index (χ2n) is 7.92. The summed E-state index contributed by atoms with van der Waals surface area (Å²) in [5.41, 5.74) is -0.0749. The van der Waals surface area contributed by atoms with E-state index >= 15 is 0 Å². The van der Waals surface area contributed by atoms with Crippen LogP contribution in [0.15, 0.2) is 47.1 Å². The van der Waals surface area contributed by atoms with E-state index in [4.69, 9.17) is 4.42 Å². The van der Waals surface area contributed by atoms with Gasteiger partial charge in [-0.1, -0.05) is 6.07 Å². The van der Waals surface area contributed by atoms with Crippen LogP contribution >= 0.6 is 0 Å². The SMILES string of the molecule is O=C(C(=O)N1CCCC(N2CCN(c3cccc(C(F)(F)F)c3)CC2)C1)c1ccco1. The van der Waals surface area contributed by atoms with Gasteiger partial charge in [0.2, 0.25) is 0 Å². The van der Waals surface area contributed by atoms with E-state index in [0.717, 1.165) is 18.9 Å². The maximum absolute atomic E-state index is 13.0. The molecule has 0 radical (unpaired) electrons. The molecule has 2 saturated heterocycles. The fourth-order valence-electron chi connectivity index (χ4n) is 4.32. The molecule has 2 aliphatic heterocycles. The van der Waals surface area contributed by atoms with Gasteiger partial charge in [-0.15, -0.1) is 0 Å². The first-order chi connectivity index (χ1) is 14.8. The Hall–Kier alpha value is -2.81. The first kappa shape index (κ1) is 21.4. The highest BCUT2D eigenvalue weighted by Gasteiger charge is 2.34. The first-order valence-corrected chi connectivity index (χ1v) is 10.4. The summed E-state index contributed by atoms with van der Waals surface area (Å²) in [7, 11) is 0. The number of ketones is 1. The van der Waals surface area contributed by atoms with E-state index in [-0.39, 0.29) is 11.8 Å². The molecule has 166 valence electrons. The van der Waals surface area contributed by atoms with Gasteiger partial charge in [-0.05, 0) is 43.2 Å². The molecule has 2 aliphatic rings. The zero-order valence-corrected chi connectivity index (χ0v) is 17.0. The van der Waals surface area contributed by atoms with Gasteiger partial charge in [-0.25, -0.2) is 0 Å². The number of benzene rings is 1. The van der Waals surface area contributed by atoms with Gasteiger partial charge in [0.1, 0.15) is 0 Å². The Bertz CT molecular complexity index is 922. The van der Waals surface area contributed by atoms with Crippen molar-refractivity contribution in [2.24, 2.45) is 0 Å². The van der Waals surface area contributed by atoms with Crippen LogP contribution in [0.4, 0.5) is 18.9 Å². The van der Waals surface area contributed by atoms with Crippen molar-refractivity contribution in [1.29, 1.82) is 0 Å². The lowest BCUT2D eigenvalue weighted by Gasteiger charge is -2.43. The Morgan fingerprint density at radius 2 is 1.77 bits per heavy atom. The number of alkyl halides is 3. The minimum atomic E-state index is -4.36. The highest BCUT2D eigenvalue weighted by atomic mass is 19.4. The summed E-state index contributed by atoms with van der Waals surface area (Å²) in [6, 6.07) is 8.59. The molecule has 4 rings (SSSR count). The Labute approximate surface area is 178 Å². The van der Waals surface area contributed by atoms with Crippen LogP contribution in [-0.4, -0.2) is 66.8 Å². The van der Waals surface area contributed by atoms with Gasteiger partial charge in [-0.3, -0.25) is 14.5 Å². The van der Waals surface area contributed by atoms with Gasteiger partial charge in [0.15, 0.2) is 5.76 Å². The highest BCUT2D eigenvalue weighted by molar-refractivity contribution is 6.41. The largest absolute Gasteiger partial charge is 0.461 e. The number of piperazine rings is 1. The first-order valence-electron chi connectivity index (χ1n) is 10.4. The van der Waals surface area contributed by atoms with Crippen molar-refractivity contribution in [3.8, 4) is 0 Å². The molecule has 2 fully saturated rings. The van der Waals surface area contributed by atoms with Gasteiger partial charge in [-0.2, -0.15) is 13.2 Å². The van der Waals surface area contributed by atoms with E-state index in [0.29, 0.717) is 45.0 Å². The molecule has 3 heterocycles. The van der Waals surface area contributed by atoms with Crippen LogP contribution in [0.1, 0.15) is 29.0 Å². The highest BCUT2D eigenvalue weighted by Crippen LogP contribution is 2.32. The zero-order chi connectivity index (χ0) is 22.0. The molecule has 0 bridgehead atoms. The molecule has 0 saturated carbocycles. The van der Waals surface area contributed by atoms with E-state index < -0.39 is 23.4 Å². The van der Waals surface area contributed by atoms with Crippen molar-refractivity contribution in [2.45, 2.75) is 25.1 Å². The van der Waals surface area contributed by atoms with Gasteiger partial charge in [0.25, 0.3) is 11.7 Å². The molecular formula is C22H24F3N3O3. The summed E-state index contributed by atoms with van der Waals surface area (Å²) in [5.74, 6) is -1.15. The number of hydrogen-bond donors (Lipinski definition) is 0. The molecule has 1 aromatic carbocycles. The average Bonchev–Trinajstić information content (AvgIpc) is 3.33. The van der Waals surface area contributed by atoms with Gasteiger partial charge in [0.05, 0.1) is 11.8 Å². The number of halogens is 3. The summed E-state index contributed by atoms with van der Waals surface area (Å²) in [5, 5.41) is 0. The molecule has 6 nitrogen and oxygen atoms in total. The number of hydrogen-bond acceptors (Lipinski definition) is 5. The van der Waals surface area contributed by atoms with Gasteiger partial charge < -0.3 is 14.2 Å². The Balaban J connectivity index is 1.35. The number of rotatable bonds is 4. The van der Waals surface area contributed by atoms with Crippen LogP contribution in [0, 0.1) is 0 Å². The Morgan fingerprint density at radius 1 is 1.00 bits per heavy atom. The number of amides is 1. The average molecular weight is 435 g/mol. The number of nitrogens with zero attached hydrogens (tertiary/aromatic N) is 3. The minimum absolute atomic E-state index is 0.0434. The third-order valence-electron chi connectivity index (χ3n) is 5.99. The molecular weight excluding hydrogens is 411 g/mol. The maximum atomic E-state index is 13.0. The normalized spacial score (nSPS) is 20.7. The minimum Gasteiger partial charge on any atom is -0.461 e. The predicted octanol–water partition coefficient (Wildman–Crippen LogP) is 3.29. The topological polar surface area (TPSA) is 57.0 Å². The lowest BCUT2D eigenvalue weighted by atomic mass is 10.0. The number of Topliss-reactive ketones (excluding diaryl/α,β-unsaturated/α-hetero) is 1. The fraction of sp³-hybridized carbons (Fsp3) is 0.455. The Morgan fingerprint density at radius 3 is 2.45 bits per heavy atom. The van der Waals surface area contributed by atoms with E-state index in [1.807, 2.05) is 4.90 Å². The third kappa shape index (κ3) is 4.76. The number of carbonyl (C=O) groups excluding carboxylic acids is 2. The molecule has 2 aromatic rings. The van der Waals surface area contributed by atoms with Crippen molar-refractivity contribution < 1.29 is 27.2 Å². The summed E-state index contributed by atoms with van der Waals surface area (Å²) in [6.07, 6.45) is -1.27. The smallest absolute Gasteiger partial charge is 0.416 e. The third-order valence-corrected chi connectivity index (χ3v) is 5.99. The van der Waals surface area contributed by atoms with E-state index in [2.05, 4.69) is 4.90 Å². The summed E-state index contributed by atoms with van der Waals surface area (Å²) in [6.45, 7) is 3.60. The summed E-state index contributed by atoms with van der Waals surface area (Å²) in [4.78, 5) is 30.7. The van der Waals surface area contributed by atoms with Crippen molar-refractivity contribution in [3.63, 3.8) is 0 Å². The molecule has 1 atom stereocenters. The lowest BCUT2D eigenvalue weighted by Crippen LogP contribution is -2.56. The number of furan rings is 1. The van der Waals surface area contributed by atoms with Crippen LogP contribution in [0.5, 0.6) is 0 Å². The van der Waals surface area contributed by atoms with Crippen LogP contribution < -0.4 is 4.90 Å². The molecule has 9 heteroatoms. The number of anilines is 1. The lowest BCUT2D eigenvalue weighted by molar-refractivity contribution is -0.137. The monoisotopic (exact) mass is 435 g/mol. The molecule has 31 heavy (non-hydrogen) atoms. The number of carbonyl (C=O) groups is 2. The van der Waals surface area contributed by atoms with Crippen LogP contribution in [0.3, 0.4) is 0 Å². The summed E-state index contributed by atoms with van der Waals surface area (Å²) >= 11 is 0. The van der Waals surface area contributed by atoms with E-state index in [1.165, 1.54) is 24.5 Å². The summed E-state index contributed by atoms with van der Waals surface area (Å²) < 4.78 is 44.0. The Kier molecular flexibility index (Phi) is 6.04. The number of likely N-dealkylation sites (tertiary alicyclic amines) is 1. The van der Waals surface area contributed by atoms with Crippen LogP contribution in [0.25, 0.3) is 0 Å². The van der Waals surface area contributed by atoms with Crippen molar-refractivity contribution in [3.05, 3.63) is 54.0 Å². The van der Waals surface area contributed by atoms with Crippen LogP contribution in [-0.2, 0) is 11.0 Å². The fourth-order valence-corrected chi connectivity index (χ4v) is 4.32. The van der Waals surface area contributed by atoms with E-state index in [9.17, 15) is 22.8 Å². The molecule has 1 unspecified atom stereocenters. The zero-order valence-electron chi connectivity index (χ0n) is 17.0. The standard InChI is InChI=1S/C22H24F3N3O3/c23-22(24,25)16-4-1-5-17(14-16)26-9-11-27(12-10-26)18-6-2-8-28(15-18)21(30)20(29)19-7-3-13-31-19/h1,3-5,7,13-14,18H,2,6,8-12,15H2. The number of piperidine rings is 1. The molecule has 1 aromatic heterocycles. The maximum Gasteiger partial charge on any atom is 0.416 e. The molecule has 0 spiro atoms. The van der Waals surface area contributed by atoms with E-state index in [1.54, 1.807) is 17.0 Å². The van der Waals surface area contributed by atoms with Crippen molar-refractivity contribution in [1.82, 2.24) is 9.80 Å². The second-order valence-corrected chi connectivity index (χ2v) is 7.92. The molecule has 1 amide bonds. The predicted molar refractivity (Wildman–Crippen MR) is 108 cm³/mol. The van der Waals surface area contributed by atoms with Crippen molar-refractivity contribution in [2.75, 3.05) is 44.2 Å². The van der Waals surface area contributed by atoms with Crippen molar-refractivity contribution >= 4 is 17.4 Å². The quantitative estimate of drug-likeness (QED) is 0.545. The van der Waals surface area contributed by atoms with Gasteiger partial charge in [0, 0.05) is 51.0 Å². The molecule has 0 N–H and O–H groups in total. The van der Waals surface area contributed by atoms with Crippen LogP contribution in [0.2, 0.25) is 0 Å². The second kappa shape index (κ2) is 8.74.